The number of hydrogen-bond acceptors (Lipinski definition) is 6. The van der Waals surface area contributed by atoms with E-state index in [0.29, 0.717) is 17.4 Å². The second kappa shape index (κ2) is 40.8. The van der Waals surface area contributed by atoms with Gasteiger partial charge in [0, 0.05) is 6.42 Å². The third-order valence-corrected chi connectivity index (χ3v) is 10.5. The average Bonchev–Trinajstić information content (AvgIpc) is 3.19. The van der Waals surface area contributed by atoms with Gasteiger partial charge in [0.15, 0.2) is 0 Å². The van der Waals surface area contributed by atoms with Crippen molar-refractivity contribution in [1.82, 2.24) is 5.32 Å². The van der Waals surface area contributed by atoms with Gasteiger partial charge in [-0.3, -0.25) is 9.36 Å². The van der Waals surface area contributed by atoms with Gasteiger partial charge in [0.1, 0.15) is 13.2 Å². The summed E-state index contributed by atoms with van der Waals surface area (Å²) in [5, 5.41) is 13.7. The van der Waals surface area contributed by atoms with E-state index in [-0.39, 0.29) is 18.9 Å². The number of allylic oxidation sites excluding steroid dienone is 15. The number of nitrogens with zero attached hydrogens (tertiary/aromatic N) is 1. The summed E-state index contributed by atoms with van der Waals surface area (Å²) < 4.78 is 23.2. The molecule has 0 aromatic rings. The van der Waals surface area contributed by atoms with Crippen molar-refractivity contribution in [1.29, 1.82) is 0 Å². The highest BCUT2D eigenvalue weighted by molar-refractivity contribution is 7.45. The maximum Gasteiger partial charge on any atom is 0.268 e. The van der Waals surface area contributed by atoms with Crippen molar-refractivity contribution >= 4 is 13.7 Å². The van der Waals surface area contributed by atoms with E-state index in [1.54, 1.807) is 6.08 Å². The van der Waals surface area contributed by atoms with Gasteiger partial charge in [0.2, 0.25) is 5.91 Å². The number of likely N-dealkylation sites (N-methyl/N-ethyl adjacent to an activating group) is 1. The zero-order valence-electron chi connectivity index (χ0n) is 38.2. The minimum absolute atomic E-state index is 0.0213. The molecule has 0 aliphatic heterocycles. The van der Waals surface area contributed by atoms with Gasteiger partial charge in [-0.15, -0.1) is 0 Å². The standard InChI is InChI=1S/C50H87N2O6P/c1-6-8-10-12-14-16-18-20-22-24-26-28-30-32-34-36-38-40-42-44-50(54)51-48(47-58-59(55,56)57-46-45-52(3,4)5)49(53)43-41-39-37-35-33-31-29-27-25-23-21-19-17-15-13-11-9-7-2/h8,10,14,16,20,22,25-28,32-35,41,43,48-49,53H,6-7,9,11-13,15,17-19,21,23-24,29-31,36-40,42,44-47H2,1-5H3,(H-,51,54,55,56)/b10-8-,16-14-,22-20-,27-25+,28-26-,34-32-,35-33+,43-41+. The predicted molar refractivity (Wildman–Crippen MR) is 251 cm³/mol. The molecule has 1 amide bonds. The van der Waals surface area contributed by atoms with Crippen LogP contribution in [0, 0.1) is 0 Å². The number of aliphatic hydroxyl groups excluding tert-OH is 1. The maximum atomic E-state index is 12.9. The molecule has 3 unspecified atom stereocenters. The summed E-state index contributed by atoms with van der Waals surface area (Å²) in [4.78, 5) is 25.3. The molecular formula is C50H87N2O6P. The molecule has 0 aromatic heterocycles. The van der Waals surface area contributed by atoms with E-state index in [1.165, 1.54) is 57.8 Å². The first-order chi connectivity index (χ1) is 28.5. The van der Waals surface area contributed by atoms with Crippen LogP contribution in [0.3, 0.4) is 0 Å². The smallest absolute Gasteiger partial charge is 0.268 e. The minimum Gasteiger partial charge on any atom is -0.756 e. The molecule has 338 valence electrons. The van der Waals surface area contributed by atoms with Gasteiger partial charge in [0.05, 0.1) is 39.9 Å². The third-order valence-electron chi connectivity index (χ3n) is 9.51. The Hall–Kier alpha value is -2.58. The summed E-state index contributed by atoms with van der Waals surface area (Å²) in [5.41, 5.74) is 0. The van der Waals surface area contributed by atoms with Gasteiger partial charge >= 0.3 is 0 Å². The van der Waals surface area contributed by atoms with Crippen molar-refractivity contribution in [3.63, 3.8) is 0 Å². The molecule has 0 saturated carbocycles. The maximum absolute atomic E-state index is 12.9. The van der Waals surface area contributed by atoms with Gasteiger partial charge in [-0.2, -0.15) is 0 Å². The number of phosphoric ester groups is 1. The van der Waals surface area contributed by atoms with Gasteiger partial charge in [-0.25, -0.2) is 0 Å². The van der Waals surface area contributed by atoms with Crippen molar-refractivity contribution in [3.8, 4) is 0 Å². The number of quaternary nitrogens is 1. The Bertz CT molecular complexity index is 1280. The number of aliphatic hydroxyl groups is 1. The quantitative estimate of drug-likeness (QED) is 0.0275. The number of phosphoric acid groups is 1. The molecule has 9 heteroatoms. The van der Waals surface area contributed by atoms with Crippen LogP contribution in [-0.2, 0) is 18.4 Å². The Balaban J connectivity index is 4.58. The summed E-state index contributed by atoms with van der Waals surface area (Å²) in [6.07, 6.45) is 57.4. The molecule has 0 fully saturated rings. The molecule has 0 aliphatic carbocycles. The molecule has 59 heavy (non-hydrogen) atoms. The van der Waals surface area contributed by atoms with Crippen LogP contribution in [0.25, 0.3) is 0 Å². The molecule has 0 radical (unpaired) electrons. The molecule has 0 bridgehead atoms. The first-order valence-electron chi connectivity index (χ1n) is 23.1. The fraction of sp³-hybridized carbons (Fsp3) is 0.660. The summed E-state index contributed by atoms with van der Waals surface area (Å²) in [5.74, 6) is -0.248. The Morgan fingerprint density at radius 2 is 1.05 bits per heavy atom. The Morgan fingerprint density at radius 1 is 0.610 bits per heavy atom. The van der Waals surface area contributed by atoms with Crippen LogP contribution in [0.1, 0.15) is 162 Å². The van der Waals surface area contributed by atoms with E-state index in [9.17, 15) is 19.4 Å². The second-order valence-corrected chi connectivity index (χ2v) is 17.8. The number of hydrogen-bond donors (Lipinski definition) is 2. The summed E-state index contributed by atoms with van der Waals surface area (Å²) in [6.45, 7) is 4.45. The second-order valence-electron chi connectivity index (χ2n) is 16.4. The highest BCUT2D eigenvalue weighted by Gasteiger charge is 2.23. The molecule has 0 aromatic carbocycles. The molecule has 0 spiro atoms. The predicted octanol–water partition coefficient (Wildman–Crippen LogP) is 12.5. The Kier molecular flexibility index (Phi) is 39.0. The van der Waals surface area contributed by atoms with Crippen molar-refractivity contribution < 1.29 is 32.9 Å². The molecule has 0 saturated heterocycles. The van der Waals surface area contributed by atoms with E-state index < -0.39 is 26.6 Å². The number of rotatable bonds is 40. The summed E-state index contributed by atoms with van der Waals surface area (Å²) >= 11 is 0. The summed E-state index contributed by atoms with van der Waals surface area (Å²) in [6, 6.07) is -0.933. The van der Waals surface area contributed by atoms with Crippen molar-refractivity contribution in [2.24, 2.45) is 0 Å². The highest BCUT2D eigenvalue weighted by Crippen LogP contribution is 2.38. The normalized spacial score (nSPS) is 15.2. The number of nitrogens with one attached hydrogen (secondary N) is 1. The Morgan fingerprint density at radius 3 is 1.58 bits per heavy atom. The third kappa shape index (κ3) is 43.3. The Labute approximate surface area is 362 Å². The largest absolute Gasteiger partial charge is 0.756 e. The number of unbranched alkanes of at least 4 members (excludes halogenated alkanes) is 13. The molecule has 0 aliphatic rings. The van der Waals surface area contributed by atoms with Crippen LogP contribution in [-0.4, -0.2) is 68.5 Å². The van der Waals surface area contributed by atoms with Gasteiger partial charge in [-0.05, 0) is 89.9 Å². The number of carbonyl (C=O) groups excluding carboxylic acids is 1. The van der Waals surface area contributed by atoms with Crippen LogP contribution in [0.5, 0.6) is 0 Å². The number of amides is 1. The van der Waals surface area contributed by atoms with E-state index in [1.807, 2.05) is 27.2 Å². The fourth-order valence-electron chi connectivity index (χ4n) is 5.86. The van der Waals surface area contributed by atoms with Crippen molar-refractivity contribution in [2.45, 2.75) is 174 Å². The van der Waals surface area contributed by atoms with E-state index in [0.717, 1.165) is 77.0 Å². The zero-order valence-corrected chi connectivity index (χ0v) is 39.1. The van der Waals surface area contributed by atoms with Crippen LogP contribution < -0.4 is 10.2 Å². The zero-order chi connectivity index (χ0) is 43.6. The monoisotopic (exact) mass is 843 g/mol. The lowest BCUT2D eigenvalue weighted by Crippen LogP contribution is -2.45. The van der Waals surface area contributed by atoms with E-state index >= 15 is 0 Å². The highest BCUT2D eigenvalue weighted by atomic mass is 31.2. The van der Waals surface area contributed by atoms with Crippen LogP contribution in [0.4, 0.5) is 0 Å². The van der Waals surface area contributed by atoms with E-state index in [4.69, 9.17) is 9.05 Å². The number of carbonyl (C=O) groups is 1. The van der Waals surface area contributed by atoms with Gasteiger partial charge in [0.25, 0.3) is 7.82 Å². The lowest BCUT2D eigenvalue weighted by Gasteiger charge is -2.29. The lowest BCUT2D eigenvalue weighted by molar-refractivity contribution is -0.870. The molecule has 3 atom stereocenters. The molecule has 2 N–H and O–H groups in total. The summed E-state index contributed by atoms with van der Waals surface area (Å²) in [7, 11) is 1.19. The minimum atomic E-state index is -4.62. The lowest BCUT2D eigenvalue weighted by atomic mass is 10.1. The van der Waals surface area contributed by atoms with Gasteiger partial charge in [-0.1, -0.05) is 162 Å². The molecular weight excluding hydrogens is 756 g/mol. The topological polar surface area (TPSA) is 108 Å². The van der Waals surface area contributed by atoms with Crippen LogP contribution in [0.2, 0.25) is 0 Å². The SMILES string of the molecule is CC/C=C\C/C=C\C/C=C\C/C=C\C/C=C\CCCCCC(=O)NC(COP(=O)([O-])OCC[N+](C)(C)C)C(O)/C=C/CC/C=C/CC/C=C/CCCCCCCCCC. The first kappa shape index (κ1) is 56.4. The molecule has 0 rings (SSSR count). The van der Waals surface area contributed by atoms with Crippen molar-refractivity contribution in [3.05, 3.63) is 97.2 Å². The van der Waals surface area contributed by atoms with Crippen LogP contribution in [0.15, 0.2) is 97.2 Å². The van der Waals surface area contributed by atoms with Crippen molar-refractivity contribution in [2.75, 3.05) is 40.9 Å². The van der Waals surface area contributed by atoms with E-state index in [2.05, 4.69) is 104 Å². The van der Waals surface area contributed by atoms with Gasteiger partial charge < -0.3 is 28.8 Å². The average molecular weight is 843 g/mol. The first-order valence-corrected chi connectivity index (χ1v) is 24.6. The van der Waals surface area contributed by atoms with Crippen LogP contribution >= 0.6 is 7.82 Å². The molecule has 8 nitrogen and oxygen atoms in total. The fourth-order valence-corrected chi connectivity index (χ4v) is 6.58. The molecule has 0 heterocycles.